The highest BCUT2D eigenvalue weighted by molar-refractivity contribution is 6.46. The van der Waals surface area contributed by atoms with Crippen LogP contribution in [0.15, 0.2) is 78.5 Å². The lowest BCUT2D eigenvalue weighted by atomic mass is 10.0. The van der Waals surface area contributed by atoms with Crippen molar-refractivity contribution >= 4 is 28.8 Å². The summed E-state index contributed by atoms with van der Waals surface area (Å²) in [5.74, 6) is -1.50. The van der Waals surface area contributed by atoms with Gasteiger partial charge in [-0.25, -0.2) is 13.7 Å². The average Bonchev–Trinajstić information content (AvgIpc) is 3.00. The monoisotopic (exact) mass is 406 g/mol. The molecule has 0 saturated heterocycles. The van der Waals surface area contributed by atoms with Crippen LogP contribution < -0.4 is 15.0 Å². The van der Waals surface area contributed by atoms with E-state index in [-0.39, 0.29) is 17.0 Å². The number of amides is 2. The first-order valence-electron chi connectivity index (χ1n) is 9.03. The van der Waals surface area contributed by atoms with E-state index in [4.69, 9.17) is 4.74 Å². The number of hydrogen-bond donors (Lipinski definition) is 1. The molecule has 2 amide bonds. The van der Waals surface area contributed by atoms with Gasteiger partial charge < -0.3 is 10.1 Å². The van der Waals surface area contributed by atoms with E-state index in [0.29, 0.717) is 17.0 Å². The molecule has 0 aromatic heterocycles. The van der Waals surface area contributed by atoms with Gasteiger partial charge in [-0.15, -0.1) is 0 Å². The summed E-state index contributed by atoms with van der Waals surface area (Å²) in [6.07, 6.45) is 0. The topological polar surface area (TPSA) is 58.6 Å². The Morgan fingerprint density at radius 3 is 1.90 bits per heavy atom. The van der Waals surface area contributed by atoms with Crippen molar-refractivity contribution in [2.45, 2.75) is 0 Å². The van der Waals surface area contributed by atoms with Crippen LogP contribution in [0.3, 0.4) is 0 Å². The van der Waals surface area contributed by atoms with Crippen molar-refractivity contribution < 1.29 is 23.1 Å². The maximum Gasteiger partial charge on any atom is 0.282 e. The summed E-state index contributed by atoms with van der Waals surface area (Å²) in [5.41, 5.74) is 1.32. The second-order valence-corrected chi connectivity index (χ2v) is 6.53. The Hall–Kier alpha value is -4.00. The Morgan fingerprint density at radius 1 is 0.767 bits per heavy atom. The number of anilines is 2. The molecule has 0 fully saturated rings. The number of rotatable bonds is 5. The molecule has 1 aliphatic heterocycles. The first-order valence-corrected chi connectivity index (χ1v) is 9.03. The molecule has 150 valence electrons. The highest BCUT2D eigenvalue weighted by atomic mass is 19.1. The number of nitrogens with one attached hydrogen (secondary N) is 1. The van der Waals surface area contributed by atoms with Crippen LogP contribution >= 0.6 is 0 Å². The summed E-state index contributed by atoms with van der Waals surface area (Å²) in [6, 6.07) is 17.1. The minimum atomic E-state index is -0.596. The number of carbonyl (C=O) groups is 2. The van der Waals surface area contributed by atoms with E-state index in [1.807, 2.05) is 0 Å². The van der Waals surface area contributed by atoms with Crippen molar-refractivity contribution in [2.24, 2.45) is 0 Å². The molecule has 3 aromatic rings. The predicted molar refractivity (Wildman–Crippen MR) is 109 cm³/mol. The fraction of sp³-hybridized carbons (Fsp3) is 0.0435. The molecule has 0 radical (unpaired) electrons. The van der Waals surface area contributed by atoms with Crippen molar-refractivity contribution in [3.63, 3.8) is 0 Å². The van der Waals surface area contributed by atoms with Gasteiger partial charge in [-0.1, -0.05) is 12.1 Å². The predicted octanol–water partition coefficient (Wildman–Crippen LogP) is 4.37. The van der Waals surface area contributed by atoms with Gasteiger partial charge in [-0.05, 0) is 66.2 Å². The standard InChI is InChI=1S/C23H16F2N2O3/c1-30-19-12-8-17(9-13-19)26-21-20(14-2-4-15(24)5-3-14)22(28)27(23(21)29)18-10-6-16(25)7-11-18/h2-13,26H,1H3. The lowest BCUT2D eigenvalue weighted by molar-refractivity contribution is -0.120. The van der Waals surface area contributed by atoms with E-state index >= 15 is 0 Å². The fourth-order valence-corrected chi connectivity index (χ4v) is 3.17. The summed E-state index contributed by atoms with van der Waals surface area (Å²) < 4.78 is 31.8. The molecule has 1 aliphatic rings. The van der Waals surface area contributed by atoms with Crippen LogP contribution in [0.25, 0.3) is 5.57 Å². The quantitative estimate of drug-likeness (QED) is 0.640. The maximum atomic E-state index is 13.4. The van der Waals surface area contributed by atoms with E-state index in [0.717, 1.165) is 4.90 Å². The van der Waals surface area contributed by atoms with Crippen molar-refractivity contribution in [2.75, 3.05) is 17.3 Å². The molecule has 0 unspecified atom stereocenters. The highest BCUT2D eigenvalue weighted by Crippen LogP contribution is 2.34. The number of carbonyl (C=O) groups excluding carboxylic acids is 2. The molecular formula is C23H16F2N2O3. The van der Waals surface area contributed by atoms with E-state index in [1.54, 1.807) is 24.3 Å². The number of imide groups is 1. The number of benzene rings is 3. The molecule has 4 rings (SSSR count). The molecule has 1 heterocycles. The zero-order chi connectivity index (χ0) is 21.3. The van der Waals surface area contributed by atoms with Gasteiger partial charge in [0, 0.05) is 5.69 Å². The van der Waals surface area contributed by atoms with Crippen LogP contribution in [0.1, 0.15) is 5.56 Å². The van der Waals surface area contributed by atoms with Gasteiger partial charge in [0.1, 0.15) is 23.1 Å². The molecule has 0 aliphatic carbocycles. The third-order valence-corrected chi connectivity index (χ3v) is 4.66. The van der Waals surface area contributed by atoms with Crippen molar-refractivity contribution in [3.8, 4) is 5.75 Å². The zero-order valence-corrected chi connectivity index (χ0v) is 15.9. The van der Waals surface area contributed by atoms with Gasteiger partial charge in [0.15, 0.2) is 0 Å². The Balaban J connectivity index is 1.78. The molecule has 0 saturated carbocycles. The Morgan fingerprint density at radius 2 is 1.33 bits per heavy atom. The Labute approximate surface area is 171 Å². The first kappa shape index (κ1) is 19.3. The molecule has 7 heteroatoms. The van der Waals surface area contributed by atoms with Gasteiger partial charge >= 0.3 is 0 Å². The van der Waals surface area contributed by atoms with Crippen LogP contribution in [0.5, 0.6) is 5.75 Å². The van der Waals surface area contributed by atoms with Gasteiger partial charge in [0.2, 0.25) is 0 Å². The van der Waals surface area contributed by atoms with E-state index in [2.05, 4.69) is 5.32 Å². The van der Waals surface area contributed by atoms with Crippen LogP contribution in [-0.2, 0) is 9.59 Å². The molecule has 0 atom stereocenters. The van der Waals surface area contributed by atoms with Crippen LogP contribution in [0.4, 0.5) is 20.2 Å². The van der Waals surface area contributed by atoms with Gasteiger partial charge in [0.05, 0.1) is 18.4 Å². The number of nitrogens with zero attached hydrogens (tertiary/aromatic N) is 1. The molecule has 30 heavy (non-hydrogen) atoms. The Kier molecular flexibility index (Phi) is 5.02. The second kappa shape index (κ2) is 7.79. The number of hydrogen-bond acceptors (Lipinski definition) is 4. The molecule has 0 spiro atoms. The summed E-state index contributed by atoms with van der Waals surface area (Å²) in [6.45, 7) is 0. The van der Waals surface area contributed by atoms with Crippen molar-refractivity contribution in [1.29, 1.82) is 0 Å². The van der Waals surface area contributed by atoms with Crippen LogP contribution in [0.2, 0.25) is 0 Å². The van der Waals surface area contributed by atoms with Crippen LogP contribution in [0, 0.1) is 11.6 Å². The molecule has 1 N–H and O–H groups in total. The molecule has 3 aromatic carbocycles. The third kappa shape index (κ3) is 3.53. The van der Waals surface area contributed by atoms with Crippen LogP contribution in [-0.4, -0.2) is 18.9 Å². The average molecular weight is 406 g/mol. The third-order valence-electron chi connectivity index (χ3n) is 4.66. The summed E-state index contributed by atoms with van der Waals surface area (Å²) in [7, 11) is 1.54. The van der Waals surface area contributed by atoms with Gasteiger partial charge in [0.25, 0.3) is 11.8 Å². The lowest BCUT2D eigenvalue weighted by Crippen LogP contribution is -2.32. The van der Waals surface area contributed by atoms with Gasteiger partial charge in [-0.2, -0.15) is 0 Å². The highest BCUT2D eigenvalue weighted by Gasteiger charge is 2.40. The lowest BCUT2D eigenvalue weighted by Gasteiger charge is -2.15. The van der Waals surface area contributed by atoms with E-state index in [1.165, 1.54) is 55.6 Å². The number of ether oxygens (including phenoxy) is 1. The molecular weight excluding hydrogens is 390 g/mol. The van der Waals surface area contributed by atoms with E-state index in [9.17, 15) is 18.4 Å². The maximum absolute atomic E-state index is 13.4. The molecule has 5 nitrogen and oxygen atoms in total. The normalized spacial score (nSPS) is 13.8. The zero-order valence-electron chi connectivity index (χ0n) is 15.9. The number of halogens is 2. The number of methoxy groups -OCH3 is 1. The minimum absolute atomic E-state index is 0.0427. The minimum Gasteiger partial charge on any atom is -0.497 e. The largest absolute Gasteiger partial charge is 0.497 e. The van der Waals surface area contributed by atoms with E-state index < -0.39 is 23.4 Å². The fourth-order valence-electron chi connectivity index (χ4n) is 3.17. The van der Waals surface area contributed by atoms with Gasteiger partial charge in [-0.3, -0.25) is 9.59 Å². The summed E-state index contributed by atoms with van der Waals surface area (Å²) in [5, 5.41) is 2.99. The smallest absolute Gasteiger partial charge is 0.282 e. The second-order valence-electron chi connectivity index (χ2n) is 6.53. The SMILES string of the molecule is COc1ccc(NC2=C(c3ccc(F)cc3)C(=O)N(c3ccc(F)cc3)C2=O)cc1. The Bertz CT molecular complexity index is 1140. The van der Waals surface area contributed by atoms with Crippen molar-refractivity contribution in [1.82, 2.24) is 0 Å². The molecule has 0 bridgehead atoms. The first-order chi connectivity index (χ1) is 14.5. The summed E-state index contributed by atoms with van der Waals surface area (Å²) >= 11 is 0. The van der Waals surface area contributed by atoms with Crippen molar-refractivity contribution in [3.05, 3.63) is 95.7 Å². The summed E-state index contributed by atoms with van der Waals surface area (Å²) in [4.78, 5) is 27.3.